The molecular formula is C19H17NO5S. The van der Waals surface area contributed by atoms with Crippen LogP contribution in [0.1, 0.15) is 5.56 Å². The van der Waals surface area contributed by atoms with Crippen LogP contribution < -0.4 is 14.8 Å². The monoisotopic (exact) mass is 371 g/mol. The molecule has 26 heavy (non-hydrogen) atoms. The van der Waals surface area contributed by atoms with Gasteiger partial charge >= 0.3 is 5.97 Å². The molecule has 0 atom stereocenters. The average molecular weight is 371 g/mol. The fourth-order valence-electron chi connectivity index (χ4n) is 2.24. The van der Waals surface area contributed by atoms with Gasteiger partial charge in [-0.15, -0.1) is 11.8 Å². The predicted octanol–water partition coefficient (Wildman–Crippen LogP) is 3.33. The van der Waals surface area contributed by atoms with Crippen molar-refractivity contribution in [2.75, 3.05) is 25.0 Å². The van der Waals surface area contributed by atoms with Gasteiger partial charge in [0.25, 0.3) is 5.91 Å². The first kappa shape index (κ1) is 17.9. The lowest BCUT2D eigenvalue weighted by Gasteiger charge is -2.06. The van der Waals surface area contributed by atoms with E-state index in [2.05, 4.69) is 5.32 Å². The van der Waals surface area contributed by atoms with Crippen molar-refractivity contribution in [3.05, 3.63) is 54.1 Å². The molecule has 6 nitrogen and oxygen atoms in total. The Hall–Kier alpha value is -2.93. The highest BCUT2D eigenvalue weighted by Gasteiger charge is 2.14. The van der Waals surface area contributed by atoms with Gasteiger partial charge in [0.1, 0.15) is 0 Å². The summed E-state index contributed by atoms with van der Waals surface area (Å²) in [5.74, 6) is 0.176. The van der Waals surface area contributed by atoms with Crippen molar-refractivity contribution >= 4 is 35.4 Å². The van der Waals surface area contributed by atoms with Crippen molar-refractivity contribution in [2.45, 2.75) is 4.90 Å². The molecule has 2 aromatic carbocycles. The van der Waals surface area contributed by atoms with Crippen LogP contribution >= 0.6 is 11.8 Å². The zero-order chi connectivity index (χ0) is 18.4. The highest BCUT2D eigenvalue weighted by Crippen LogP contribution is 2.34. The number of anilines is 1. The standard InChI is InChI=1S/C19H17NO5S/c1-26-15-6-2-13(3-7-15)4-9-19(22)23-11-18(21)20-14-5-8-16-17(10-14)25-12-24-16/h2-10H,11-12H2,1H3,(H,20,21)/b9-4+. The number of hydrogen-bond acceptors (Lipinski definition) is 6. The predicted molar refractivity (Wildman–Crippen MR) is 99.4 cm³/mol. The molecule has 0 saturated carbocycles. The summed E-state index contributed by atoms with van der Waals surface area (Å²) in [5.41, 5.74) is 1.42. The van der Waals surface area contributed by atoms with Crippen molar-refractivity contribution in [2.24, 2.45) is 0 Å². The number of rotatable bonds is 6. The topological polar surface area (TPSA) is 73.9 Å². The minimum atomic E-state index is -0.584. The molecule has 0 unspecified atom stereocenters. The fourth-order valence-corrected chi connectivity index (χ4v) is 2.64. The van der Waals surface area contributed by atoms with Gasteiger partial charge in [0.2, 0.25) is 6.79 Å². The molecule has 0 bridgehead atoms. The van der Waals surface area contributed by atoms with Crippen molar-refractivity contribution in [1.29, 1.82) is 0 Å². The van der Waals surface area contributed by atoms with E-state index in [0.717, 1.165) is 10.5 Å². The van der Waals surface area contributed by atoms with E-state index in [1.807, 2.05) is 30.5 Å². The van der Waals surface area contributed by atoms with Crippen LogP contribution in [0.25, 0.3) is 6.08 Å². The first-order chi connectivity index (χ1) is 12.6. The number of fused-ring (bicyclic) bond motifs is 1. The van der Waals surface area contributed by atoms with Gasteiger partial charge in [0.15, 0.2) is 18.1 Å². The number of carbonyl (C=O) groups is 2. The lowest BCUT2D eigenvalue weighted by molar-refractivity contribution is -0.142. The van der Waals surface area contributed by atoms with Gasteiger partial charge in [-0.2, -0.15) is 0 Å². The van der Waals surface area contributed by atoms with Crippen molar-refractivity contribution in [3.8, 4) is 11.5 Å². The third-order valence-electron chi connectivity index (χ3n) is 3.53. The maximum Gasteiger partial charge on any atom is 0.331 e. The first-order valence-electron chi connectivity index (χ1n) is 7.82. The molecule has 1 heterocycles. The van der Waals surface area contributed by atoms with Gasteiger partial charge in [0.05, 0.1) is 0 Å². The van der Waals surface area contributed by atoms with Crippen LogP contribution in [0.2, 0.25) is 0 Å². The quantitative estimate of drug-likeness (QED) is 0.477. The number of hydrogen-bond donors (Lipinski definition) is 1. The summed E-state index contributed by atoms with van der Waals surface area (Å²) >= 11 is 1.65. The third-order valence-corrected chi connectivity index (χ3v) is 4.27. The smallest absolute Gasteiger partial charge is 0.331 e. The van der Waals surface area contributed by atoms with E-state index in [1.165, 1.54) is 6.08 Å². The number of amides is 1. The lowest BCUT2D eigenvalue weighted by atomic mass is 10.2. The second-order valence-corrected chi connectivity index (χ2v) is 6.21. The molecule has 0 aliphatic carbocycles. The Labute approximate surface area is 155 Å². The summed E-state index contributed by atoms with van der Waals surface area (Å²) < 4.78 is 15.4. The summed E-state index contributed by atoms with van der Waals surface area (Å²) in [6.45, 7) is -0.209. The molecule has 0 saturated heterocycles. The molecule has 134 valence electrons. The van der Waals surface area contributed by atoms with Gasteiger partial charge in [-0.3, -0.25) is 4.79 Å². The number of thioether (sulfide) groups is 1. The second kappa shape index (κ2) is 8.44. The Morgan fingerprint density at radius 2 is 1.92 bits per heavy atom. The van der Waals surface area contributed by atoms with Gasteiger partial charge in [-0.05, 0) is 42.2 Å². The number of carbonyl (C=O) groups excluding carboxylic acids is 2. The second-order valence-electron chi connectivity index (χ2n) is 5.33. The van der Waals surface area contributed by atoms with E-state index in [0.29, 0.717) is 17.2 Å². The maximum absolute atomic E-state index is 11.9. The minimum Gasteiger partial charge on any atom is -0.454 e. The first-order valence-corrected chi connectivity index (χ1v) is 9.05. The van der Waals surface area contributed by atoms with Gasteiger partial charge in [0, 0.05) is 22.7 Å². The Balaban J connectivity index is 1.46. The SMILES string of the molecule is CSc1ccc(/C=C/C(=O)OCC(=O)Nc2ccc3c(c2)OCO3)cc1. The number of esters is 1. The Bertz CT molecular complexity index is 832. The molecule has 0 spiro atoms. The Morgan fingerprint density at radius 1 is 1.15 bits per heavy atom. The van der Waals surface area contributed by atoms with Crippen molar-refractivity contribution in [3.63, 3.8) is 0 Å². The van der Waals surface area contributed by atoms with Gasteiger partial charge < -0.3 is 19.5 Å². The maximum atomic E-state index is 11.9. The Kier molecular flexibility index (Phi) is 5.80. The molecule has 0 fully saturated rings. The zero-order valence-corrected chi connectivity index (χ0v) is 14.9. The van der Waals surface area contributed by atoms with Gasteiger partial charge in [-0.1, -0.05) is 12.1 Å². The number of benzene rings is 2. The molecule has 2 aromatic rings. The van der Waals surface area contributed by atoms with E-state index in [9.17, 15) is 9.59 Å². The van der Waals surface area contributed by atoms with Crippen LogP contribution in [-0.2, 0) is 14.3 Å². The van der Waals surface area contributed by atoms with E-state index in [1.54, 1.807) is 36.0 Å². The van der Waals surface area contributed by atoms with Crippen LogP contribution in [0.3, 0.4) is 0 Å². The highest BCUT2D eigenvalue weighted by atomic mass is 32.2. The summed E-state index contributed by atoms with van der Waals surface area (Å²) in [4.78, 5) is 24.7. The fraction of sp³-hybridized carbons (Fsp3) is 0.158. The Morgan fingerprint density at radius 3 is 2.69 bits per heavy atom. The molecule has 3 rings (SSSR count). The average Bonchev–Trinajstić information content (AvgIpc) is 3.13. The van der Waals surface area contributed by atoms with Crippen molar-refractivity contribution < 1.29 is 23.8 Å². The summed E-state index contributed by atoms with van der Waals surface area (Å²) in [6.07, 6.45) is 4.93. The number of ether oxygens (including phenoxy) is 3. The molecule has 7 heteroatoms. The van der Waals surface area contributed by atoms with E-state index >= 15 is 0 Å². The molecule has 1 N–H and O–H groups in total. The van der Waals surface area contributed by atoms with Gasteiger partial charge in [-0.25, -0.2) is 4.79 Å². The molecular weight excluding hydrogens is 354 g/mol. The lowest BCUT2D eigenvalue weighted by Crippen LogP contribution is -2.20. The van der Waals surface area contributed by atoms with Crippen LogP contribution in [0.5, 0.6) is 11.5 Å². The molecule has 1 amide bonds. The van der Waals surface area contributed by atoms with E-state index < -0.39 is 11.9 Å². The minimum absolute atomic E-state index is 0.163. The van der Waals surface area contributed by atoms with Crippen LogP contribution in [-0.4, -0.2) is 31.5 Å². The number of nitrogens with one attached hydrogen (secondary N) is 1. The van der Waals surface area contributed by atoms with Crippen molar-refractivity contribution in [1.82, 2.24) is 0 Å². The molecule has 1 aliphatic heterocycles. The van der Waals surface area contributed by atoms with Crippen LogP contribution in [0.4, 0.5) is 5.69 Å². The highest BCUT2D eigenvalue weighted by molar-refractivity contribution is 7.98. The van der Waals surface area contributed by atoms with E-state index in [-0.39, 0.29) is 13.4 Å². The summed E-state index contributed by atoms with van der Waals surface area (Å²) in [6, 6.07) is 12.8. The zero-order valence-electron chi connectivity index (χ0n) is 14.1. The summed E-state index contributed by atoms with van der Waals surface area (Å²) in [7, 11) is 0. The molecule has 1 aliphatic rings. The van der Waals surface area contributed by atoms with Crippen LogP contribution in [0.15, 0.2) is 53.4 Å². The third kappa shape index (κ3) is 4.80. The molecule has 0 radical (unpaired) electrons. The summed E-state index contributed by atoms with van der Waals surface area (Å²) in [5, 5.41) is 2.64. The molecule has 0 aromatic heterocycles. The largest absolute Gasteiger partial charge is 0.454 e. The normalized spacial score (nSPS) is 12.2. The van der Waals surface area contributed by atoms with E-state index in [4.69, 9.17) is 14.2 Å². The van der Waals surface area contributed by atoms with Crippen LogP contribution in [0, 0.1) is 0 Å².